The molecule has 1 aromatic carbocycles. The molecule has 0 spiro atoms. The van der Waals surface area contributed by atoms with Gasteiger partial charge in [-0.3, -0.25) is 0 Å². The fourth-order valence-corrected chi connectivity index (χ4v) is 1.57. The molecule has 2 rings (SSSR count). The van der Waals surface area contributed by atoms with Gasteiger partial charge in [0.2, 0.25) is 0 Å². The number of aryl methyl sites for hydroxylation is 1. The van der Waals surface area contributed by atoms with E-state index in [0.29, 0.717) is 5.76 Å². The third kappa shape index (κ3) is 1.89. The van der Waals surface area contributed by atoms with Gasteiger partial charge < -0.3 is 14.6 Å². The number of hydrogen-bond acceptors (Lipinski definition) is 3. The first kappa shape index (κ1) is 10.2. The van der Waals surface area contributed by atoms with E-state index in [-0.39, 0.29) is 0 Å². The fourth-order valence-electron chi connectivity index (χ4n) is 1.57. The summed E-state index contributed by atoms with van der Waals surface area (Å²) in [7, 11) is 0. The van der Waals surface area contributed by atoms with E-state index >= 15 is 0 Å². The number of furan rings is 1. The number of aliphatic hydroxyl groups is 2. The van der Waals surface area contributed by atoms with Gasteiger partial charge in [-0.05, 0) is 32.0 Å². The summed E-state index contributed by atoms with van der Waals surface area (Å²) in [6, 6.07) is 7.56. The van der Waals surface area contributed by atoms with E-state index in [9.17, 15) is 10.2 Å². The summed E-state index contributed by atoms with van der Waals surface area (Å²) in [6.45, 7) is 3.53. The van der Waals surface area contributed by atoms with Crippen LogP contribution >= 0.6 is 0 Å². The van der Waals surface area contributed by atoms with Crippen LogP contribution in [-0.2, 0) is 0 Å². The largest absolute Gasteiger partial charge is 0.458 e. The molecule has 2 aromatic rings. The van der Waals surface area contributed by atoms with Gasteiger partial charge in [-0.2, -0.15) is 0 Å². The van der Waals surface area contributed by atoms with Crippen LogP contribution in [0.15, 0.2) is 28.7 Å². The van der Waals surface area contributed by atoms with Gasteiger partial charge >= 0.3 is 0 Å². The molecule has 0 aliphatic heterocycles. The van der Waals surface area contributed by atoms with Crippen LogP contribution in [0.25, 0.3) is 11.0 Å². The zero-order valence-corrected chi connectivity index (χ0v) is 8.77. The monoisotopic (exact) mass is 206 g/mol. The van der Waals surface area contributed by atoms with Crippen LogP contribution in [-0.4, -0.2) is 16.3 Å². The topological polar surface area (TPSA) is 53.6 Å². The van der Waals surface area contributed by atoms with Gasteiger partial charge in [0.25, 0.3) is 0 Å². The fraction of sp³-hybridized carbons (Fsp3) is 0.333. The molecule has 0 radical (unpaired) electrons. The Hall–Kier alpha value is -1.32. The second-order valence-corrected chi connectivity index (χ2v) is 3.88. The lowest BCUT2D eigenvalue weighted by Crippen LogP contribution is -2.12. The highest BCUT2D eigenvalue weighted by Crippen LogP contribution is 2.26. The van der Waals surface area contributed by atoms with Crippen molar-refractivity contribution in [1.82, 2.24) is 0 Å². The van der Waals surface area contributed by atoms with Crippen molar-refractivity contribution in [3.8, 4) is 0 Å². The molecule has 3 heteroatoms. The minimum Gasteiger partial charge on any atom is -0.458 e. The normalized spacial score (nSPS) is 15.5. The van der Waals surface area contributed by atoms with Crippen molar-refractivity contribution in [3.63, 3.8) is 0 Å². The maximum Gasteiger partial charge on any atom is 0.137 e. The molecule has 2 N–H and O–H groups in total. The Bertz CT molecular complexity index is 471. The smallest absolute Gasteiger partial charge is 0.137 e. The van der Waals surface area contributed by atoms with E-state index in [1.54, 1.807) is 6.07 Å². The molecule has 0 saturated carbocycles. The summed E-state index contributed by atoms with van der Waals surface area (Å²) in [5.41, 5.74) is 1.87. The van der Waals surface area contributed by atoms with Gasteiger partial charge in [0.15, 0.2) is 0 Å². The maximum absolute atomic E-state index is 9.62. The van der Waals surface area contributed by atoms with Crippen LogP contribution in [0.5, 0.6) is 0 Å². The van der Waals surface area contributed by atoms with Crippen LogP contribution in [0.4, 0.5) is 0 Å². The van der Waals surface area contributed by atoms with Crippen LogP contribution in [0.3, 0.4) is 0 Å². The van der Waals surface area contributed by atoms with Crippen LogP contribution in [0, 0.1) is 6.92 Å². The lowest BCUT2D eigenvalue weighted by molar-refractivity contribution is 0.0178. The standard InChI is InChI=1S/C12H14O3/c1-7-3-4-10-9(5-7)6-11(15-10)12(14)8(2)13/h3-6,8,12-14H,1-2H3. The molecule has 1 heterocycles. The predicted molar refractivity (Wildman–Crippen MR) is 57.6 cm³/mol. The number of fused-ring (bicyclic) bond motifs is 1. The zero-order chi connectivity index (χ0) is 11.0. The van der Waals surface area contributed by atoms with Gasteiger partial charge in [-0.1, -0.05) is 11.6 Å². The Kier molecular flexibility index (Phi) is 2.50. The number of aliphatic hydroxyl groups excluding tert-OH is 2. The van der Waals surface area contributed by atoms with Crippen molar-refractivity contribution in [2.24, 2.45) is 0 Å². The second-order valence-electron chi connectivity index (χ2n) is 3.88. The lowest BCUT2D eigenvalue weighted by atomic mass is 10.1. The van der Waals surface area contributed by atoms with Gasteiger partial charge in [0, 0.05) is 5.39 Å². The molecule has 15 heavy (non-hydrogen) atoms. The first-order valence-electron chi connectivity index (χ1n) is 4.94. The van der Waals surface area contributed by atoms with E-state index in [1.165, 1.54) is 6.92 Å². The van der Waals surface area contributed by atoms with Crippen molar-refractivity contribution in [2.45, 2.75) is 26.1 Å². The highest BCUT2D eigenvalue weighted by Gasteiger charge is 2.18. The summed E-state index contributed by atoms with van der Waals surface area (Å²) in [6.07, 6.45) is -1.79. The SMILES string of the molecule is Cc1ccc2oc(C(O)C(C)O)cc2c1. The van der Waals surface area contributed by atoms with E-state index in [0.717, 1.165) is 16.5 Å². The van der Waals surface area contributed by atoms with E-state index in [4.69, 9.17) is 4.42 Å². The summed E-state index contributed by atoms with van der Waals surface area (Å²) in [5, 5.41) is 19.8. The Morgan fingerprint density at radius 1 is 1.20 bits per heavy atom. The molecule has 0 aliphatic rings. The summed E-state index contributed by atoms with van der Waals surface area (Å²) in [4.78, 5) is 0. The minimum absolute atomic E-state index is 0.408. The number of benzene rings is 1. The molecule has 1 aromatic heterocycles. The van der Waals surface area contributed by atoms with Crippen molar-refractivity contribution < 1.29 is 14.6 Å². The predicted octanol–water partition coefficient (Wildman–Crippen LogP) is 2.16. The molecule has 0 fully saturated rings. The molecule has 3 nitrogen and oxygen atoms in total. The molecular formula is C12H14O3. The molecule has 0 amide bonds. The van der Waals surface area contributed by atoms with E-state index in [2.05, 4.69) is 0 Å². The van der Waals surface area contributed by atoms with Crippen LogP contribution < -0.4 is 0 Å². The molecule has 80 valence electrons. The zero-order valence-electron chi connectivity index (χ0n) is 8.77. The maximum atomic E-state index is 9.62. The van der Waals surface area contributed by atoms with E-state index in [1.807, 2.05) is 25.1 Å². The molecule has 0 aliphatic carbocycles. The Morgan fingerprint density at radius 3 is 2.60 bits per heavy atom. The van der Waals surface area contributed by atoms with Crippen LogP contribution in [0.1, 0.15) is 24.4 Å². The average molecular weight is 206 g/mol. The summed E-state index contributed by atoms with van der Waals surface area (Å²) in [5.74, 6) is 0.408. The summed E-state index contributed by atoms with van der Waals surface area (Å²) < 4.78 is 5.44. The molecule has 0 saturated heterocycles. The molecule has 2 atom stereocenters. The van der Waals surface area contributed by atoms with Crippen molar-refractivity contribution in [2.75, 3.05) is 0 Å². The highest BCUT2D eigenvalue weighted by atomic mass is 16.4. The molecular weight excluding hydrogens is 192 g/mol. The van der Waals surface area contributed by atoms with Crippen LogP contribution in [0.2, 0.25) is 0 Å². The molecule has 0 bridgehead atoms. The first-order valence-corrected chi connectivity index (χ1v) is 4.94. The quantitative estimate of drug-likeness (QED) is 0.791. The van der Waals surface area contributed by atoms with Crippen molar-refractivity contribution in [1.29, 1.82) is 0 Å². The van der Waals surface area contributed by atoms with Crippen molar-refractivity contribution >= 4 is 11.0 Å². The highest BCUT2D eigenvalue weighted by molar-refractivity contribution is 5.78. The minimum atomic E-state index is -0.960. The average Bonchev–Trinajstić information content (AvgIpc) is 2.58. The Morgan fingerprint density at radius 2 is 1.93 bits per heavy atom. The Labute approximate surface area is 88.0 Å². The third-order valence-electron chi connectivity index (χ3n) is 2.44. The lowest BCUT2D eigenvalue weighted by Gasteiger charge is -2.09. The first-order chi connectivity index (χ1) is 7.08. The van der Waals surface area contributed by atoms with Gasteiger partial charge in [-0.25, -0.2) is 0 Å². The van der Waals surface area contributed by atoms with Gasteiger partial charge in [-0.15, -0.1) is 0 Å². The second kappa shape index (κ2) is 3.68. The van der Waals surface area contributed by atoms with Gasteiger partial charge in [0.05, 0.1) is 6.10 Å². The van der Waals surface area contributed by atoms with Gasteiger partial charge in [0.1, 0.15) is 17.4 Å². The Balaban J connectivity index is 2.47. The third-order valence-corrected chi connectivity index (χ3v) is 2.44. The van der Waals surface area contributed by atoms with E-state index < -0.39 is 12.2 Å². The molecule has 2 unspecified atom stereocenters. The summed E-state index contributed by atoms with van der Waals surface area (Å²) >= 11 is 0. The number of hydrogen-bond donors (Lipinski definition) is 2. The number of rotatable bonds is 2. The van der Waals surface area contributed by atoms with Crippen molar-refractivity contribution in [3.05, 3.63) is 35.6 Å².